The molecule has 0 bridgehead atoms. The zero-order chi connectivity index (χ0) is 12.3. The second-order valence-electron chi connectivity index (χ2n) is 3.26. The number of benzene rings is 1. The van der Waals surface area contributed by atoms with Gasteiger partial charge >= 0.3 is 0 Å². The first-order valence-corrected chi connectivity index (χ1v) is 5.75. The second-order valence-corrected chi connectivity index (χ2v) is 3.93. The Kier molecular flexibility index (Phi) is 3.82. The van der Waals surface area contributed by atoms with Gasteiger partial charge in [-0.2, -0.15) is 0 Å². The first-order valence-electron chi connectivity index (χ1n) is 4.84. The Morgan fingerprint density at radius 1 is 1.24 bits per heavy atom. The highest BCUT2D eigenvalue weighted by Crippen LogP contribution is 2.30. The van der Waals surface area contributed by atoms with E-state index >= 15 is 0 Å². The molecular formula is C12H8Cl2FNO. The van der Waals surface area contributed by atoms with Gasteiger partial charge in [0.05, 0.1) is 10.9 Å². The monoisotopic (exact) mass is 271 g/mol. The van der Waals surface area contributed by atoms with Crippen molar-refractivity contribution in [2.45, 2.75) is 5.88 Å². The molecule has 17 heavy (non-hydrogen) atoms. The van der Waals surface area contributed by atoms with E-state index in [1.54, 1.807) is 24.3 Å². The van der Waals surface area contributed by atoms with Gasteiger partial charge in [-0.15, -0.1) is 11.6 Å². The third-order valence-electron chi connectivity index (χ3n) is 2.12. The lowest BCUT2D eigenvalue weighted by molar-refractivity contribution is 0.420. The molecule has 0 radical (unpaired) electrons. The highest BCUT2D eigenvalue weighted by molar-refractivity contribution is 6.32. The third kappa shape index (κ3) is 2.68. The van der Waals surface area contributed by atoms with E-state index in [2.05, 4.69) is 4.98 Å². The van der Waals surface area contributed by atoms with Gasteiger partial charge < -0.3 is 4.74 Å². The first kappa shape index (κ1) is 12.1. The van der Waals surface area contributed by atoms with Crippen molar-refractivity contribution in [2.24, 2.45) is 0 Å². The standard InChI is InChI=1S/C12H8Cl2FNO/c13-7-8-5-6-16-12(11(8)15)17-10-4-2-1-3-9(10)14/h1-6H,7H2. The van der Waals surface area contributed by atoms with Crippen molar-refractivity contribution in [1.82, 2.24) is 4.98 Å². The maximum absolute atomic E-state index is 13.8. The van der Waals surface area contributed by atoms with Crippen molar-refractivity contribution in [3.63, 3.8) is 0 Å². The summed E-state index contributed by atoms with van der Waals surface area (Å²) in [4.78, 5) is 3.81. The van der Waals surface area contributed by atoms with Crippen LogP contribution >= 0.6 is 23.2 Å². The van der Waals surface area contributed by atoms with E-state index in [4.69, 9.17) is 27.9 Å². The quantitative estimate of drug-likeness (QED) is 0.772. The first-order chi connectivity index (χ1) is 8.22. The van der Waals surface area contributed by atoms with Crippen LogP contribution in [0.3, 0.4) is 0 Å². The lowest BCUT2D eigenvalue weighted by atomic mass is 10.3. The number of hydrogen-bond donors (Lipinski definition) is 0. The SMILES string of the molecule is Fc1c(CCl)ccnc1Oc1ccccc1Cl. The molecule has 1 heterocycles. The lowest BCUT2D eigenvalue weighted by Gasteiger charge is -2.08. The summed E-state index contributed by atoms with van der Waals surface area (Å²) in [7, 11) is 0. The molecule has 0 spiro atoms. The number of pyridine rings is 1. The molecule has 0 N–H and O–H groups in total. The molecule has 0 fully saturated rings. The summed E-state index contributed by atoms with van der Waals surface area (Å²) >= 11 is 11.5. The maximum atomic E-state index is 13.8. The molecule has 2 rings (SSSR count). The minimum Gasteiger partial charge on any atom is -0.435 e. The van der Waals surface area contributed by atoms with Crippen molar-refractivity contribution < 1.29 is 9.13 Å². The Labute approximate surface area is 108 Å². The van der Waals surface area contributed by atoms with Crippen LogP contribution < -0.4 is 4.74 Å². The summed E-state index contributed by atoms with van der Waals surface area (Å²) < 4.78 is 19.1. The molecule has 2 aromatic rings. The number of alkyl halides is 1. The molecule has 0 aliphatic carbocycles. The Morgan fingerprint density at radius 2 is 2.00 bits per heavy atom. The van der Waals surface area contributed by atoms with Crippen LogP contribution in [0, 0.1) is 5.82 Å². The zero-order valence-corrected chi connectivity index (χ0v) is 10.2. The smallest absolute Gasteiger partial charge is 0.256 e. The fraction of sp³-hybridized carbons (Fsp3) is 0.0833. The van der Waals surface area contributed by atoms with Crippen molar-refractivity contribution >= 4 is 23.2 Å². The van der Waals surface area contributed by atoms with Gasteiger partial charge in [0.25, 0.3) is 5.88 Å². The molecule has 0 aliphatic rings. The molecule has 0 atom stereocenters. The molecule has 88 valence electrons. The van der Waals surface area contributed by atoms with Gasteiger partial charge in [-0.1, -0.05) is 23.7 Å². The fourth-order valence-electron chi connectivity index (χ4n) is 1.27. The molecule has 1 aromatic carbocycles. The van der Waals surface area contributed by atoms with Crippen molar-refractivity contribution in [3.8, 4) is 11.6 Å². The van der Waals surface area contributed by atoms with Crippen molar-refractivity contribution in [1.29, 1.82) is 0 Å². The van der Waals surface area contributed by atoms with E-state index in [1.165, 1.54) is 12.3 Å². The number of hydrogen-bond acceptors (Lipinski definition) is 2. The normalized spacial score (nSPS) is 10.3. The van der Waals surface area contributed by atoms with Gasteiger partial charge in [0.1, 0.15) is 5.75 Å². The Bertz CT molecular complexity index is 534. The van der Waals surface area contributed by atoms with Crippen LogP contribution in [0.1, 0.15) is 5.56 Å². The molecule has 0 saturated carbocycles. The number of halogens is 3. The van der Waals surface area contributed by atoms with Crippen LogP contribution in [0.5, 0.6) is 11.6 Å². The van der Waals surface area contributed by atoms with Crippen LogP contribution in [0.25, 0.3) is 0 Å². The summed E-state index contributed by atoms with van der Waals surface area (Å²) in [5, 5.41) is 0.393. The van der Waals surface area contributed by atoms with Crippen LogP contribution in [-0.4, -0.2) is 4.98 Å². The predicted molar refractivity (Wildman–Crippen MR) is 65.3 cm³/mol. The molecular weight excluding hydrogens is 264 g/mol. The van der Waals surface area contributed by atoms with Crippen molar-refractivity contribution in [3.05, 3.63) is 52.9 Å². The van der Waals surface area contributed by atoms with Crippen molar-refractivity contribution in [2.75, 3.05) is 0 Å². The van der Waals surface area contributed by atoms with E-state index in [-0.39, 0.29) is 11.8 Å². The van der Waals surface area contributed by atoms with Crippen LogP contribution in [0.15, 0.2) is 36.5 Å². The molecule has 0 amide bonds. The van der Waals surface area contributed by atoms with Gasteiger partial charge in [-0.05, 0) is 18.2 Å². The number of rotatable bonds is 3. The van der Waals surface area contributed by atoms with Gasteiger partial charge in [-0.3, -0.25) is 0 Å². The van der Waals surface area contributed by atoms with Gasteiger partial charge in [0.15, 0.2) is 5.82 Å². The number of para-hydroxylation sites is 1. The molecule has 0 saturated heterocycles. The third-order valence-corrected chi connectivity index (χ3v) is 2.72. The average molecular weight is 272 g/mol. The van der Waals surface area contributed by atoms with E-state index in [0.717, 1.165) is 0 Å². The Morgan fingerprint density at radius 3 is 2.71 bits per heavy atom. The molecule has 2 nitrogen and oxygen atoms in total. The van der Waals surface area contributed by atoms with Gasteiger partial charge in [0.2, 0.25) is 0 Å². The topological polar surface area (TPSA) is 22.1 Å². The highest BCUT2D eigenvalue weighted by atomic mass is 35.5. The summed E-state index contributed by atoms with van der Waals surface area (Å²) in [5.74, 6) is -0.279. The Balaban J connectivity index is 2.34. The van der Waals surface area contributed by atoms with Gasteiger partial charge in [-0.25, -0.2) is 9.37 Å². The fourth-order valence-corrected chi connectivity index (χ4v) is 1.65. The molecule has 5 heteroatoms. The number of nitrogens with zero attached hydrogens (tertiary/aromatic N) is 1. The minimum atomic E-state index is -0.567. The minimum absolute atomic E-state index is 0.0627. The van der Waals surface area contributed by atoms with E-state index in [9.17, 15) is 4.39 Å². The summed E-state index contributed by atoms with van der Waals surface area (Å²) in [6.07, 6.45) is 1.44. The summed E-state index contributed by atoms with van der Waals surface area (Å²) in [6, 6.07) is 8.29. The highest BCUT2D eigenvalue weighted by Gasteiger charge is 2.12. The summed E-state index contributed by atoms with van der Waals surface area (Å²) in [6.45, 7) is 0. The largest absolute Gasteiger partial charge is 0.435 e. The maximum Gasteiger partial charge on any atom is 0.256 e. The Hall–Kier alpha value is -1.32. The van der Waals surface area contributed by atoms with E-state index in [1.807, 2.05) is 0 Å². The van der Waals surface area contributed by atoms with Crippen LogP contribution in [0.4, 0.5) is 4.39 Å². The van der Waals surface area contributed by atoms with Crippen LogP contribution in [-0.2, 0) is 5.88 Å². The summed E-state index contributed by atoms with van der Waals surface area (Å²) in [5.41, 5.74) is 0.337. The van der Waals surface area contributed by atoms with E-state index < -0.39 is 5.82 Å². The zero-order valence-electron chi connectivity index (χ0n) is 8.66. The average Bonchev–Trinajstić information content (AvgIpc) is 2.34. The van der Waals surface area contributed by atoms with Crippen LogP contribution in [0.2, 0.25) is 5.02 Å². The van der Waals surface area contributed by atoms with Gasteiger partial charge in [0, 0.05) is 11.8 Å². The lowest BCUT2D eigenvalue weighted by Crippen LogP contribution is -1.96. The second kappa shape index (κ2) is 5.34. The van der Waals surface area contributed by atoms with E-state index in [0.29, 0.717) is 16.3 Å². The number of ether oxygens (including phenoxy) is 1. The predicted octanol–water partition coefficient (Wildman–Crippen LogP) is 4.41. The molecule has 0 aliphatic heterocycles. The molecule has 0 unspecified atom stereocenters. The number of aromatic nitrogens is 1. The molecule has 1 aromatic heterocycles.